The number of fused-ring (bicyclic) bond motifs is 1. The summed E-state index contributed by atoms with van der Waals surface area (Å²) in [5.74, 6) is 0.584. The van der Waals surface area contributed by atoms with Gasteiger partial charge in [-0.15, -0.1) is 0 Å². The number of ether oxygens (including phenoxy) is 1. The standard InChI is InChI=1S/C27H26N6O5/c1-37-18-7-4-6-17(13-18)32-15-16(12-24(32)34)25(35)29-23-14-21(22-10-5-11-38-22)31-33(23)27-28-20-9-3-2-8-19(20)26(36)30-27/h4-7,10-11,13-14,16H,2-3,8-9,12,15H2,1H3,(H,29,35)(H,28,30,36). The Kier molecular flexibility index (Phi) is 6.02. The Bertz CT molecular complexity index is 1570. The summed E-state index contributed by atoms with van der Waals surface area (Å²) in [5.41, 5.74) is 2.38. The average Bonchev–Trinajstić information content (AvgIpc) is 3.69. The van der Waals surface area contributed by atoms with Crippen LogP contribution in [0.2, 0.25) is 0 Å². The van der Waals surface area contributed by atoms with E-state index in [1.54, 1.807) is 48.4 Å². The molecule has 3 aromatic heterocycles. The fraction of sp³-hybridized carbons (Fsp3) is 0.296. The molecule has 0 radical (unpaired) electrons. The lowest BCUT2D eigenvalue weighted by Gasteiger charge is -2.18. The normalized spacial score (nSPS) is 16.9. The lowest BCUT2D eigenvalue weighted by molar-refractivity contribution is -0.122. The molecule has 0 bridgehead atoms. The van der Waals surface area contributed by atoms with Gasteiger partial charge in [0.25, 0.3) is 5.56 Å². The smallest absolute Gasteiger partial charge is 0.255 e. The summed E-state index contributed by atoms with van der Waals surface area (Å²) in [5, 5.41) is 7.48. The van der Waals surface area contributed by atoms with Crippen LogP contribution in [0.4, 0.5) is 11.5 Å². The predicted octanol–water partition coefficient (Wildman–Crippen LogP) is 3.09. The number of rotatable bonds is 6. The minimum Gasteiger partial charge on any atom is -0.497 e. The summed E-state index contributed by atoms with van der Waals surface area (Å²) in [6, 6.07) is 12.3. The van der Waals surface area contributed by atoms with Gasteiger partial charge in [-0.2, -0.15) is 9.78 Å². The Hall–Kier alpha value is -4.67. The van der Waals surface area contributed by atoms with E-state index in [0.717, 1.165) is 18.5 Å². The number of benzene rings is 1. The molecule has 6 rings (SSSR count). The number of methoxy groups -OCH3 is 1. The number of hydrogen-bond donors (Lipinski definition) is 2. The third-order valence-electron chi connectivity index (χ3n) is 6.97. The molecule has 1 aliphatic carbocycles. The van der Waals surface area contributed by atoms with E-state index in [4.69, 9.17) is 9.15 Å². The van der Waals surface area contributed by atoms with Crippen molar-refractivity contribution in [1.29, 1.82) is 0 Å². The maximum atomic E-state index is 13.4. The van der Waals surface area contributed by atoms with Crippen molar-refractivity contribution < 1.29 is 18.7 Å². The van der Waals surface area contributed by atoms with Gasteiger partial charge in [-0.05, 0) is 49.9 Å². The van der Waals surface area contributed by atoms with Gasteiger partial charge in [-0.1, -0.05) is 6.07 Å². The lowest BCUT2D eigenvalue weighted by Crippen LogP contribution is -2.29. The fourth-order valence-electron chi connectivity index (χ4n) is 5.01. The van der Waals surface area contributed by atoms with E-state index in [9.17, 15) is 14.4 Å². The van der Waals surface area contributed by atoms with E-state index < -0.39 is 5.92 Å². The van der Waals surface area contributed by atoms with E-state index in [0.29, 0.717) is 47.1 Å². The Morgan fingerprint density at radius 3 is 2.84 bits per heavy atom. The molecule has 1 aromatic carbocycles. The molecule has 194 valence electrons. The van der Waals surface area contributed by atoms with E-state index in [1.807, 2.05) is 6.07 Å². The van der Waals surface area contributed by atoms with Crippen molar-refractivity contribution in [3.05, 3.63) is 70.3 Å². The topological polar surface area (TPSA) is 135 Å². The fourth-order valence-corrected chi connectivity index (χ4v) is 5.01. The maximum Gasteiger partial charge on any atom is 0.255 e. The first-order valence-electron chi connectivity index (χ1n) is 12.5. The second-order valence-electron chi connectivity index (χ2n) is 9.42. The molecule has 4 aromatic rings. The van der Waals surface area contributed by atoms with Gasteiger partial charge in [0.05, 0.1) is 25.0 Å². The Balaban J connectivity index is 1.30. The highest BCUT2D eigenvalue weighted by Crippen LogP contribution is 2.30. The minimum atomic E-state index is -0.584. The molecule has 4 heterocycles. The molecule has 1 saturated heterocycles. The van der Waals surface area contributed by atoms with Crippen LogP contribution in [0.5, 0.6) is 5.75 Å². The van der Waals surface area contributed by atoms with Crippen molar-refractivity contribution in [2.75, 3.05) is 23.9 Å². The number of aromatic amines is 1. The third-order valence-corrected chi connectivity index (χ3v) is 6.97. The van der Waals surface area contributed by atoms with Gasteiger partial charge in [-0.25, -0.2) is 4.98 Å². The van der Waals surface area contributed by atoms with E-state index in [2.05, 4.69) is 20.4 Å². The van der Waals surface area contributed by atoms with Crippen molar-refractivity contribution >= 4 is 23.3 Å². The highest BCUT2D eigenvalue weighted by molar-refractivity contribution is 6.03. The van der Waals surface area contributed by atoms with Crippen LogP contribution < -0.4 is 20.5 Å². The summed E-state index contributed by atoms with van der Waals surface area (Å²) in [4.78, 5) is 48.0. The second-order valence-corrected chi connectivity index (χ2v) is 9.42. The molecule has 1 atom stereocenters. The first-order valence-corrected chi connectivity index (χ1v) is 12.5. The zero-order chi connectivity index (χ0) is 26.2. The molecule has 1 unspecified atom stereocenters. The van der Waals surface area contributed by atoms with Gasteiger partial charge in [-0.3, -0.25) is 19.4 Å². The van der Waals surface area contributed by atoms with Crippen molar-refractivity contribution in [3.8, 4) is 23.2 Å². The van der Waals surface area contributed by atoms with Crippen molar-refractivity contribution in [3.63, 3.8) is 0 Å². The van der Waals surface area contributed by atoms with Crippen LogP contribution in [-0.4, -0.2) is 45.2 Å². The molecular weight excluding hydrogens is 488 g/mol. The van der Waals surface area contributed by atoms with E-state index in [-0.39, 0.29) is 36.3 Å². The molecule has 0 saturated carbocycles. The summed E-state index contributed by atoms with van der Waals surface area (Å²) in [7, 11) is 1.56. The average molecular weight is 515 g/mol. The summed E-state index contributed by atoms with van der Waals surface area (Å²) >= 11 is 0. The van der Waals surface area contributed by atoms with Crippen LogP contribution in [0.1, 0.15) is 30.5 Å². The van der Waals surface area contributed by atoms with Crippen LogP contribution in [0.3, 0.4) is 0 Å². The summed E-state index contributed by atoms with van der Waals surface area (Å²) in [6.45, 7) is 0.227. The Morgan fingerprint density at radius 2 is 2.03 bits per heavy atom. The SMILES string of the molecule is COc1cccc(N2CC(C(=O)Nc3cc(-c4ccco4)nn3-c3nc4c(c(=O)[nH]3)CCCC4)CC2=O)c1. The number of furan rings is 1. The first-order chi connectivity index (χ1) is 18.5. The second kappa shape index (κ2) is 9.66. The molecule has 1 fully saturated rings. The molecule has 2 amide bonds. The van der Waals surface area contributed by atoms with Gasteiger partial charge < -0.3 is 19.4 Å². The quantitative estimate of drug-likeness (QED) is 0.404. The van der Waals surface area contributed by atoms with Crippen LogP contribution in [-0.2, 0) is 22.4 Å². The van der Waals surface area contributed by atoms with Crippen LogP contribution in [0, 0.1) is 5.92 Å². The van der Waals surface area contributed by atoms with E-state index in [1.165, 1.54) is 10.9 Å². The zero-order valence-electron chi connectivity index (χ0n) is 20.8. The molecule has 2 aliphatic rings. The van der Waals surface area contributed by atoms with Crippen molar-refractivity contribution in [1.82, 2.24) is 19.7 Å². The molecular formula is C27H26N6O5. The van der Waals surface area contributed by atoms with Crippen LogP contribution in [0.15, 0.2) is 57.9 Å². The highest BCUT2D eigenvalue weighted by atomic mass is 16.5. The van der Waals surface area contributed by atoms with Gasteiger partial charge in [0.1, 0.15) is 17.3 Å². The number of H-pyrrole nitrogens is 1. The lowest BCUT2D eigenvalue weighted by atomic mass is 9.97. The molecule has 11 heteroatoms. The van der Waals surface area contributed by atoms with Gasteiger partial charge in [0.2, 0.25) is 17.8 Å². The molecule has 2 N–H and O–H groups in total. The first kappa shape index (κ1) is 23.7. The molecule has 11 nitrogen and oxygen atoms in total. The number of nitrogens with zero attached hydrogens (tertiary/aromatic N) is 4. The number of carbonyl (C=O) groups is 2. The predicted molar refractivity (Wildman–Crippen MR) is 138 cm³/mol. The van der Waals surface area contributed by atoms with Crippen LogP contribution in [0.25, 0.3) is 17.4 Å². The zero-order valence-corrected chi connectivity index (χ0v) is 20.8. The minimum absolute atomic E-state index is 0.0656. The number of aromatic nitrogens is 4. The third kappa shape index (κ3) is 4.36. The summed E-state index contributed by atoms with van der Waals surface area (Å²) in [6.07, 6.45) is 4.92. The van der Waals surface area contributed by atoms with Gasteiger partial charge in [0.15, 0.2) is 5.76 Å². The number of amides is 2. The maximum absolute atomic E-state index is 13.4. The highest BCUT2D eigenvalue weighted by Gasteiger charge is 2.36. The number of nitrogens with one attached hydrogen (secondary N) is 2. The van der Waals surface area contributed by atoms with Crippen LogP contribution >= 0.6 is 0 Å². The van der Waals surface area contributed by atoms with Gasteiger partial charge >= 0.3 is 0 Å². The molecule has 0 spiro atoms. The van der Waals surface area contributed by atoms with E-state index >= 15 is 0 Å². The van der Waals surface area contributed by atoms with Crippen molar-refractivity contribution in [2.24, 2.45) is 5.92 Å². The number of aryl methyl sites for hydroxylation is 1. The number of anilines is 2. The number of carbonyl (C=O) groups excluding carboxylic acids is 2. The number of hydrogen-bond acceptors (Lipinski definition) is 7. The van der Waals surface area contributed by atoms with Crippen molar-refractivity contribution in [2.45, 2.75) is 32.1 Å². The monoisotopic (exact) mass is 514 g/mol. The largest absolute Gasteiger partial charge is 0.497 e. The Labute approximate surface area is 217 Å². The molecule has 1 aliphatic heterocycles. The molecule has 38 heavy (non-hydrogen) atoms. The van der Waals surface area contributed by atoms with Gasteiger partial charge in [0, 0.05) is 36.3 Å². The summed E-state index contributed by atoms with van der Waals surface area (Å²) < 4.78 is 12.2. The Morgan fingerprint density at radius 1 is 1.16 bits per heavy atom.